The van der Waals surface area contributed by atoms with Gasteiger partial charge < -0.3 is 9.84 Å². The van der Waals surface area contributed by atoms with E-state index < -0.39 is 19.1 Å². The van der Waals surface area contributed by atoms with Crippen LogP contribution in [0.25, 0.3) is 0 Å². The summed E-state index contributed by atoms with van der Waals surface area (Å²) >= 11 is 0. The van der Waals surface area contributed by atoms with E-state index in [0.717, 1.165) is 0 Å². The van der Waals surface area contributed by atoms with Crippen molar-refractivity contribution >= 4 is 0 Å². The number of aliphatic hydroxyl groups is 1. The Hall–Kier alpha value is -1.27. The lowest BCUT2D eigenvalue weighted by atomic mass is 10.1. The van der Waals surface area contributed by atoms with E-state index >= 15 is 0 Å². The molecule has 0 aliphatic heterocycles. The number of halogens is 3. The second kappa shape index (κ2) is 5.88. The highest BCUT2D eigenvalue weighted by molar-refractivity contribution is 5.29. The molecule has 17 heavy (non-hydrogen) atoms. The zero-order chi connectivity index (χ0) is 12.9. The molecule has 0 saturated heterocycles. The van der Waals surface area contributed by atoms with Crippen molar-refractivity contribution in [2.75, 3.05) is 13.2 Å². The van der Waals surface area contributed by atoms with E-state index in [1.807, 2.05) is 0 Å². The Morgan fingerprint density at radius 3 is 2.59 bits per heavy atom. The minimum absolute atomic E-state index is 0.206. The Morgan fingerprint density at radius 1 is 1.29 bits per heavy atom. The summed E-state index contributed by atoms with van der Waals surface area (Å²) in [6.45, 7) is 0.817. The van der Waals surface area contributed by atoms with Crippen molar-refractivity contribution in [2.24, 2.45) is 0 Å². The number of hydrogen-bond acceptors (Lipinski definition) is 3. The van der Waals surface area contributed by atoms with E-state index in [0.29, 0.717) is 11.3 Å². The molecule has 6 heteroatoms. The van der Waals surface area contributed by atoms with Crippen LogP contribution in [0.5, 0.6) is 5.75 Å². The number of alkyl halides is 3. The maximum Gasteiger partial charge on any atom is 0.522 e. The lowest BCUT2D eigenvalue weighted by Gasteiger charge is -2.10. The van der Waals surface area contributed by atoms with Gasteiger partial charge in [-0.1, -0.05) is 12.1 Å². The number of benzene rings is 1. The third-order valence-corrected chi connectivity index (χ3v) is 1.96. The predicted octanol–water partition coefficient (Wildman–Crippen LogP) is 2.66. The van der Waals surface area contributed by atoms with Gasteiger partial charge in [0.15, 0.2) is 0 Å². The summed E-state index contributed by atoms with van der Waals surface area (Å²) in [5.41, 5.74) is 0.638. The SMILES string of the molecule is CC(O)c1cccc(OCCOC(F)(F)F)c1. The molecule has 1 aromatic carbocycles. The van der Waals surface area contributed by atoms with Crippen molar-refractivity contribution in [1.29, 1.82) is 0 Å². The Balaban J connectivity index is 2.39. The fraction of sp³-hybridized carbons (Fsp3) is 0.455. The van der Waals surface area contributed by atoms with Crippen molar-refractivity contribution in [2.45, 2.75) is 19.4 Å². The van der Waals surface area contributed by atoms with E-state index in [2.05, 4.69) is 4.74 Å². The second-order valence-electron chi connectivity index (χ2n) is 3.39. The standard InChI is InChI=1S/C11H13F3O3/c1-8(15)9-3-2-4-10(7-9)16-5-6-17-11(12,13)14/h2-4,7-8,15H,5-6H2,1H3. The largest absolute Gasteiger partial charge is 0.522 e. The Kier molecular flexibility index (Phi) is 4.77. The first-order valence-electron chi connectivity index (χ1n) is 5.00. The molecule has 0 aliphatic rings. The van der Waals surface area contributed by atoms with Gasteiger partial charge in [-0.05, 0) is 24.6 Å². The lowest BCUT2D eigenvalue weighted by Crippen LogP contribution is -2.18. The molecular formula is C11H13F3O3. The van der Waals surface area contributed by atoms with Gasteiger partial charge >= 0.3 is 6.36 Å². The minimum atomic E-state index is -4.63. The number of hydrogen-bond donors (Lipinski definition) is 1. The molecule has 0 aliphatic carbocycles. The van der Waals surface area contributed by atoms with Crippen molar-refractivity contribution in [3.63, 3.8) is 0 Å². The van der Waals surface area contributed by atoms with Crippen LogP contribution in [0.4, 0.5) is 13.2 Å². The molecule has 0 aromatic heterocycles. The zero-order valence-electron chi connectivity index (χ0n) is 9.20. The van der Waals surface area contributed by atoms with E-state index in [-0.39, 0.29) is 6.61 Å². The average molecular weight is 250 g/mol. The summed E-state index contributed by atoms with van der Waals surface area (Å²) < 4.78 is 43.5. The molecule has 0 heterocycles. The highest BCUT2D eigenvalue weighted by atomic mass is 19.4. The average Bonchev–Trinajstić information content (AvgIpc) is 2.23. The zero-order valence-corrected chi connectivity index (χ0v) is 9.20. The Labute approximate surface area is 96.8 Å². The molecule has 0 amide bonds. The molecule has 0 saturated carbocycles. The van der Waals surface area contributed by atoms with Gasteiger partial charge in [0.25, 0.3) is 0 Å². The van der Waals surface area contributed by atoms with Gasteiger partial charge in [-0.15, -0.1) is 13.2 Å². The van der Waals surface area contributed by atoms with Crippen LogP contribution in [0.1, 0.15) is 18.6 Å². The molecule has 0 radical (unpaired) electrons. The van der Waals surface area contributed by atoms with Crippen molar-refractivity contribution in [3.8, 4) is 5.75 Å². The topological polar surface area (TPSA) is 38.7 Å². The minimum Gasteiger partial charge on any atom is -0.491 e. The molecule has 1 unspecified atom stereocenters. The Morgan fingerprint density at radius 2 is 2.00 bits per heavy atom. The van der Waals surface area contributed by atoms with Crippen LogP contribution in [0.2, 0.25) is 0 Å². The summed E-state index contributed by atoms with van der Waals surface area (Å²) in [7, 11) is 0. The van der Waals surface area contributed by atoms with Crippen molar-refractivity contribution in [1.82, 2.24) is 0 Å². The molecule has 3 nitrogen and oxygen atoms in total. The highest BCUT2D eigenvalue weighted by Gasteiger charge is 2.28. The molecular weight excluding hydrogens is 237 g/mol. The molecule has 1 aromatic rings. The van der Waals surface area contributed by atoms with Gasteiger partial charge in [-0.25, -0.2) is 0 Å². The normalized spacial score (nSPS) is 13.5. The predicted molar refractivity (Wildman–Crippen MR) is 54.6 cm³/mol. The van der Waals surface area contributed by atoms with Gasteiger partial charge in [-0.3, -0.25) is 4.74 Å². The van der Waals surface area contributed by atoms with Crippen LogP contribution >= 0.6 is 0 Å². The summed E-state index contributed by atoms with van der Waals surface area (Å²) in [6, 6.07) is 6.52. The molecule has 0 spiro atoms. The van der Waals surface area contributed by atoms with Crippen LogP contribution in [-0.4, -0.2) is 24.7 Å². The second-order valence-corrected chi connectivity index (χ2v) is 3.39. The van der Waals surface area contributed by atoms with Gasteiger partial charge in [0.1, 0.15) is 12.4 Å². The first kappa shape index (κ1) is 13.8. The summed E-state index contributed by atoms with van der Waals surface area (Å²) in [6.07, 6.45) is -5.28. The van der Waals surface area contributed by atoms with Crippen molar-refractivity contribution in [3.05, 3.63) is 29.8 Å². The fourth-order valence-electron chi connectivity index (χ4n) is 1.18. The van der Waals surface area contributed by atoms with E-state index in [9.17, 15) is 18.3 Å². The van der Waals surface area contributed by atoms with Crippen LogP contribution < -0.4 is 4.74 Å². The number of aliphatic hydroxyl groups excluding tert-OH is 1. The van der Waals surface area contributed by atoms with Crippen molar-refractivity contribution < 1.29 is 27.8 Å². The maximum atomic E-state index is 11.6. The monoisotopic (exact) mass is 250 g/mol. The maximum absolute atomic E-state index is 11.6. The first-order valence-corrected chi connectivity index (χ1v) is 5.00. The fourth-order valence-corrected chi connectivity index (χ4v) is 1.18. The molecule has 96 valence electrons. The van der Waals surface area contributed by atoms with Gasteiger partial charge in [-0.2, -0.15) is 0 Å². The third kappa shape index (κ3) is 5.55. The summed E-state index contributed by atoms with van der Waals surface area (Å²) in [4.78, 5) is 0. The Bertz CT molecular complexity index is 350. The molecule has 1 rings (SSSR count). The van der Waals surface area contributed by atoms with Crippen LogP contribution in [0, 0.1) is 0 Å². The molecule has 1 atom stereocenters. The lowest BCUT2D eigenvalue weighted by molar-refractivity contribution is -0.325. The van der Waals surface area contributed by atoms with Gasteiger partial charge in [0.2, 0.25) is 0 Å². The van der Waals surface area contributed by atoms with Crippen LogP contribution in [-0.2, 0) is 4.74 Å². The number of ether oxygens (including phenoxy) is 2. The number of rotatable bonds is 5. The quantitative estimate of drug-likeness (QED) is 0.816. The molecule has 1 N–H and O–H groups in total. The van der Waals surface area contributed by atoms with Crippen LogP contribution in [0.3, 0.4) is 0 Å². The van der Waals surface area contributed by atoms with Gasteiger partial charge in [0, 0.05) is 0 Å². The highest BCUT2D eigenvalue weighted by Crippen LogP contribution is 2.19. The first-order chi connectivity index (χ1) is 7.88. The molecule has 0 bridgehead atoms. The van der Waals surface area contributed by atoms with Gasteiger partial charge in [0.05, 0.1) is 12.7 Å². The summed E-state index contributed by atoms with van der Waals surface area (Å²) in [5.74, 6) is 0.397. The van der Waals surface area contributed by atoms with E-state index in [1.165, 1.54) is 0 Å². The van der Waals surface area contributed by atoms with E-state index in [1.54, 1.807) is 31.2 Å². The van der Waals surface area contributed by atoms with Crippen LogP contribution in [0.15, 0.2) is 24.3 Å². The summed E-state index contributed by atoms with van der Waals surface area (Å²) in [5, 5.41) is 9.30. The smallest absolute Gasteiger partial charge is 0.491 e. The van der Waals surface area contributed by atoms with E-state index in [4.69, 9.17) is 4.74 Å². The molecule has 0 fully saturated rings. The third-order valence-electron chi connectivity index (χ3n) is 1.96.